The summed E-state index contributed by atoms with van der Waals surface area (Å²) in [6.07, 6.45) is 3.52. The first kappa shape index (κ1) is 8.14. The quantitative estimate of drug-likeness (QED) is 0.626. The van der Waals surface area contributed by atoms with Gasteiger partial charge < -0.3 is 10.1 Å². The smallest absolute Gasteiger partial charge is 0.115 e. The fourth-order valence-corrected chi connectivity index (χ4v) is 1.06. The largest absolute Gasteiger partial charge is 0.508 e. The first-order valence-electron chi connectivity index (χ1n) is 3.82. The van der Waals surface area contributed by atoms with Gasteiger partial charge in [0.05, 0.1) is 6.54 Å². The molecule has 1 heterocycles. The van der Waals surface area contributed by atoms with Crippen molar-refractivity contribution < 1.29 is 5.11 Å². The molecule has 0 saturated carbocycles. The molecule has 2 N–H and O–H groups in total. The lowest BCUT2D eigenvalue weighted by atomic mass is 10.3. The first-order valence-corrected chi connectivity index (χ1v) is 3.82. The van der Waals surface area contributed by atoms with E-state index < -0.39 is 0 Å². The topological polar surface area (TPSA) is 35.5 Å². The highest BCUT2D eigenvalue weighted by molar-refractivity contribution is 5.20. The van der Waals surface area contributed by atoms with Gasteiger partial charge in [-0.3, -0.25) is 0 Å². The molecule has 0 saturated heterocycles. The van der Waals surface area contributed by atoms with E-state index in [-0.39, 0.29) is 0 Å². The fourth-order valence-electron chi connectivity index (χ4n) is 1.06. The molecule has 0 unspecified atom stereocenters. The van der Waals surface area contributed by atoms with Gasteiger partial charge in [0, 0.05) is 12.2 Å². The molecule has 0 aromatic carbocycles. The molecule has 11 heavy (non-hydrogen) atoms. The lowest BCUT2D eigenvalue weighted by Crippen LogP contribution is -2.37. The van der Waals surface area contributed by atoms with Gasteiger partial charge in [-0.2, -0.15) is 0 Å². The minimum absolute atomic E-state index is 0.358. The van der Waals surface area contributed by atoms with E-state index >= 15 is 0 Å². The van der Waals surface area contributed by atoms with E-state index in [0.717, 1.165) is 18.8 Å². The maximum Gasteiger partial charge on any atom is 0.115 e. The third kappa shape index (κ3) is 1.98. The third-order valence-corrected chi connectivity index (χ3v) is 1.61. The molecule has 0 spiro atoms. The molecule has 0 radical (unpaired) electrons. The number of hydrogen-bond donors (Lipinski definition) is 2. The van der Waals surface area contributed by atoms with Crippen LogP contribution in [0.15, 0.2) is 23.6 Å². The van der Waals surface area contributed by atoms with Gasteiger partial charge in [0.15, 0.2) is 0 Å². The third-order valence-electron chi connectivity index (χ3n) is 1.61. The Morgan fingerprint density at radius 2 is 2.45 bits per heavy atom. The van der Waals surface area contributed by atoms with E-state index in [4.69, 9.17) is 5.11 Å². The van der Waals surface area contributed by atoms with Crippen LogP contribution in [0.2, 0.25) is 0 Å². The van der Waals surface area contributed by atoms with Gasteiger partial charge in [-0.1, -0.05) is 6.92 Å². The average molecular weight is 154 g/mol. The van der Waals surface area contributed by atoms with Crippen LogP contribution in [0, 0.1) is 0 Å². The summed E-state index contributed by atoms with van der Waals surface area (Å²) in [5.41, 5.74) is 4.21. The van der Waals surface area contributed by atoms with Crippen LogP contribution in [0.4, 0.5) is 0 Å². The Morgan fingerprint density at radius 1 is 1.73 bits per heavy atom. The van der Waals surface area contributed by atoms with Crippen LogP contribution in [0.5, 0.6) is 0 Å². The molecule has 3 nitrogen and oxygen atoms in total. The molecule has 1 rings (SSSR count). The van der Waals surface area contributed by atoms with Crippen molar-refractivity contribution in [3.8, 4) is 0 Å². The van der Waals surface area contributed by atoms with Gasteiger partial charge >= 0.3 is 0 Å². The summed E-state index contributed by atoms with van der Waals surface area (Å²) in [6.45, 7) is 5.65. The number of aliphatic hydroxyl groups is 1. The van der Waals surface area contributed by atoms with Gasteiger partial charge in [0.1, 0.15) is 5.76 Å². The molecule has 3 heteroatoms. The van der Waals surface area contributed by atoms with Crippen LogP contribution < -0.4 is 5.43 Å². The van der Waals surface area contributed by atoms with E-state index in [0.29, 0.717) is 5.76 Å². The molecule has 1 aliphatic heterocycles. The molecule has 0 fully saturated rings. The Balaban J connectivity index is 2.56. The summed E-state index contributed by atoms with van der Waals surface area (Å²) in [5.74, 6) is 0.358. The predicted molar refractivity (Wildman–Crippen MR) is 44.9 cm³/mol. The maximum atomic E-state index is 9.10. The molecule has 0 bridgehead atoms. The van der Waals surface area contributed by atoms with E-state index in [1.54, 1.807) is 12.2 Å². The highest BCUT2D eigenvalue weighted by Crippen LogP contribution is 2.09. The van der Waals surface area contributed by atoms with Gasteiger partial charge in [0.2, 0.25) is 0 Å². The molecule has 0 aromatic rings. The van der Waals surface area contributed by atoms with Crippen LogP contribution in [0.3, 0.4) is 0 Å². The Hall–Kier alpha value is -0.960. The van der Waals surface area contributed by atoms with Crippen molar-refractivity contribution in [2.24, 2.45) is 0 Å². The molecular formula is C8H14N2O. The zero-order chi connectivity index (χ0) is 8.27. The van der Waals surface area contributed by atoms with Crippen molar-refractivity contribution in [1.82, 2.24) is 10.4 Å². The monoisotopic (exact) mass is 154 g/mol. The summed E-state index contributed by atoms with van der Waals surface area (Å²) in [4.78, 5) is 0. The molecular weight excluding hydrogens is 140 g/mol. The fraction of sp³-hybridized carbons (Fsp3) is 0.500. The zero-order valence-corrected chi connectivity index (χ0v) is 6.96. The Morgan fingerprint density at radius 3 is 3.00 bits per heavy atom. The summed E-state index contributed by atoms with van der Waals surface area (Å²) < 4.78 is 0. The van der Waals surface area contributed by atoms with E-state index in [9.17, 15) is 0 Å². The lowest BCUT2D eigenvalue weighted by molar-refractivity contribution is 0.265. The van der Waals surface area contributed by atoms with Crippen LogP contribution in [-0.4, -0.2) is 23.2 Å². The van der Waals surface area contributed by atoms with Crippen molar-refractivity contribution in [2.75, 3.05) is 13.1 Å². The van der Waals surface area contributed by atoms with Crippen molar-refractivity contribution in [3.05, 3.63) is 23.6 Å². The standard InChI is InChI=1S/C8H14N2O/c1-3-9-10-5-4-8(11)6-7(10)2/h4,6,9,11H,3,5H2,1-2H3. The number of rotatable bonds is 2. The number of nitrogens with zero attached hydrogens (tertiary/aromatic N) is 1. The number of nitrogens with one attached hydrogen (secondary N) is 1. The van der Waals surface area contributed by atoms with E-state index in [1.165, 1.54) is 0 Å². The van der Waals surface area contributed by atoms with E-state index in [1.807, 2.05) is 18.9 Å². The highest BCUT2D eigenvalue weighted by atomic mass is 16.3. The molecule has 0 atom stereocenters. The second-order valence-electron chi connectivity index (χ2n) is 2.54. The molecule has 1 aliphatic rings. The van der Waals surface area contributed by atoms with Crippen LogP contribution in [0.25, 0.3) is 0 Å². The number of hydrazine groups is 1. The minimum Gasteiger partial charge on any atom is -0.508 e. The summed E-state index contributed by atoms with van der Waals surface area (Å²) >= 11 is 0. The first-order chi connectivity index (χ1) is 5.24. The molecule has 0 amide bonds. The number of allylic oxidation sites excluding steroid dienone is 2. The van der Waals surface area contributed by atoms with Crippen molar-refractivity contribution in [3.63, 3.8) is 0 Å². The van der Waals surface area contributed by atoms with Crippen LogP contribution >= 0.6 is 0 Å². The molecule has 0 aromatic heterocycles. The van der Waals surface area contributed by atoms with Gasteiger partial charge in [-0.25, -0.2) is 5.43 Å². The van der Waals surface area contributed by atoms with Gasteiger partial charge in [0.25, 0.3) is 0 Å². The van der Waals surface area contributed by atoms with Gasteiger partial charge in [-0.05, 0) is 19.1 Å². The second kappa shape index (κ2) is 3.44. The Bertz CT molecular complexity index is 196. The number of aliphatic hydroxyl groups excluding tert-OH is 1. The molecule has 0 aliphatic carbocycles. The molecule has 62 valence electrons. The predicted octanol–water partition coefficient (Wildman–Crippen LogP) is 1.17. The van der Waals surface area contributed by atoms with E-state index in [2.05, 4.69) is 5.43 Å². The lowest BCUT2D eigenvalue weighted by Gasteiger charge is -2.26. The average Bonchev–Trinajstić information content (AvgIpc) is 1.95. The van der Waals surface area contributed by atoms with Gasteiger partial charge in [-0.15, -0.1) is 0 Å². The Kier molecular flexibility index (Phi) is 2.54. The zero-order valence-electron chi connectivity index (χ0n) is 6.96. The second-order valence-corrected chi connectivity index (χ2v) is 2.54. The maximum absolute atomic E-state index is 9.10. The van der Waals surface area contributed by atoms with Crippen molar-refractivity contribution >= 4 is 0 Å². The number of hydrogen-bond acceptors (Lipinski definition) is 3. The SMILES string of the molecule is CCNN1CC=C(O)C=C1C. The van der Waals surface area contributed by atoms with Crippen molar-refractivity contribution in [2.45, 2.75) is 13.8 Å². The minimum atomic E-state index is 0.358. The summed E-state index contributed by atoms with van der Waals surface area (Å²) in [7, 11) is 0. The summed E-state index contributed by atoms with van der Waals surface area (Å²) in [5, 5.41) is 11.1. The normalized spacial score (nSPS) is 17.8. The summed E-state index contributed by atoms with van der Waals surface area (Å²) in [6, 6.07) is 0. The van der Waals surface area contributed by atoms with Crippen molar-refractivity contribution in [1.29, 1.82) is 0 Å². The van der Waals surface area contributed by atoms with Crippen LogP contribution in [0.1, 0.15) is 13.8 Å². The Labute approximate surface area is 67.0 Å². The van der Waals surface area contributed by atoms with Crippen LogP contribution in [-0.2, 0) is 0 Å². The highest BCUT2D eigenvalue weighted by Gasteiger charge is 2.07.